The van der Waals surface area contributed by atoms with Crippen LogP contribution in [0.3, 0.4) is 0 Å². The van der Waals surface area contributed by atoms with Crippen LogP contribution in [0.5, 0.6) is 0 Å². The summed E-state index contributed by atoms with van der Waals surface area (Å²) in [6.07, 6.45) is 2.57. The number of sulfonamides is 1. The lowest BCUT2D eigenvalue weighted by Crippen LogP contribution is -2.16. The smallest absolute Gasteiger partial charge is 0.266 e. The zero-order valence-corrected chi connectivity index (χ0v) is 11.4. The Kier molecular flexibility index (Phi) is 3.59. The van der Waals surface area contributed by atoms with Crippen LogP contribution in [0, 0.1) is 6.92 Å². The third-order valence-corrected chi connectivity index (χ3v) is 3.91. The first kappa shape index (κ1) is 13.6. The van der Waals surface area contributed by atoms with Crippen molar-refractivity contribution in [3.05, 3.63) is 51.5 Å². The molecule has 2 aromatic rings. The molecule has 8 heteroatoms. The van der Waals surface area contributed by atoms with Crippen LogP contribution in [-0.2, 0) is 10.0 Å². The van der Waals surface area contributed by atoms with Gasteiger partial charge in [0.2, 0.25) is 0 Å². The minimum atomic E-state index is -3.84. The van der Waals surface area contributed by atoms with Gasteiger partial charge in [-0.2, -0.15) is 0 Å². The molecule has 6 nitrogen and oxygen atoms in total. The first-order valence-electron chi connectivity index (χ1n) is 5.22. The van der Waals surface area contributed by atoms with Crippen LogP contribution in [0.1, 0.15) is 5.56 Å². The number of aromatic amines is 1. The van der Waals surface area contributed by atoms with Crippen molar-refractivity contribution in [3.8, 4) is 0 Å². The molecule has 0 saturated carbocycles. The van der Waals surface area contributed by atoms with Crippen molar-refractivity contribution in [2.24, 2.45) is 0 Å². The molecule has 0 unspecified atom stereocenters. The number of pyridine rings is 2. The van der Waals surface area contributed by atoms with Gasteiger partial charge >= 0.3 is 0 Å². The average molecular weight is 300 g/mol. The molecule has 2 aromatic heterocycles. The summed E-state index contributed by atoms with van der Waals surface area (Å²) >= 11 is 5.60. The zero-order chi connectivity index (χ0) is 14.0. The fraction of sp³-hybridized carbons (Fsp3) is 0.0909. The van der Waals surface area contributed by atoms with E-state index in [-0.39, 0.29) is 15.7 Å². The standard InChI is InChI=1S/C11H10ClN3O3S/c1-7-2-3-13-10(4-7)15-19(17,18)8-5-9(12)11(16)14-6-8/h2-6H,1H3,(H,13,15)(H,14,16). The number of aryl methyl sites for hydroxylation is 1. The highest BCUT2D eigenvalue weighted by Crippen LogP contribution is 2.15. The minimum Gasteiger partial charge on any atom is -0.326 e. The van der Waals surface area contributed by atoms with Crippen LogP contribution in [0.15, 0.2) is 40.3 Å². The van der Waals surface area contributed by atoms with Crippen LogP contribution < -0.4 is 10.3 Å². The monoisotopic (exact) mass is 299 g/mol. The van der Waals surface area contributed by atoms with Crippen molar-refractivity contribution in [1.82, 2.24) is 9.97 Å². The van der Waals surface area contributed by atoms with Crippen molar-refractivity contribution in [3.63, 3.8) is 0 Å². The van der Waals surface area contributed by atoms with Crippen molar-refractivity contribution >= 4 is 27.4 Å². The van der Waals surface area contributed by atoms with E-state index in [4.69, 9.17) is 11.6 Å². The summed E-state index contributed by atoms with van der Waals surface area (Å²) in [5, 5.41) is -0.194. The van der Waals surface area contributed by atoms with Gasteiger partial charge in [0.15, 0.2) is 0 Å². The predicted octanol–water partition coefficient (Wildman–Crippen LogP) is 1.53. The van der Waals surface area contributed by atoms with Gasteiger partial charge in [0, 0.05) is 12.4 Å². The molecule has 0 aliphatic heterocycles. The molecule has 0 spiro atoms. The SMILES string of the molecule is Cc1ccnc(NS(=O)(=O)c2c[nH]c(=O)c(Cl)c2)c1. The van der Waals surface area contributed by atoms with E-state index < -0.39 is 15.6 Å². The minimum absolute atomic E-state index is 0.139. The van der Waals surface area contributed by atoms with Gasteiger partial charge < -0.3 is 4.98 Å². The third kappa shape index (κ3) is 3.12. The maximum absolute atomic E-state index is 12.0. The Morgan fingerprint density at radius 1 is 1.37 bits per heavy atom. The molecule has 0 radical (unpaired) electrons. The van der Waals surface area contributed by atoms with Crippen LogP contribution in [0.2, 0.25) is 5.02 Å². The largest absolute Gasteiger partial charge is 0.326 e. The molecule has 0 atom stereocenters. The van der Waals surface area contributed by atoms with E-state index in [1.54, 1.807) is 12.1 Å². The number of nitrogens with one attached hydrogen (secondary N) is 2. The topological polar surface area (TPSA) is 91.9 Å². The number of halogens is 1. The Morgan fingerprint density at radius 3 is 2.74 bits per heavy atom. The molecule has 19 heavy (non-hydrogen) atoms. The maximum atomic E-state index is 12.0. The Hall–Kier alpha value is -1.86. The molecule has 0 saturated heterocycles. The highest BCUT2D eigenvalue weighted by Gasteiger charge is 2.16. The summed E-state index contributed by atoms with van der Waals surface area (Å²) in [6, 6.07) is 4.41. The van der Waals surface area contributed by atoms with Gasteiger partial charge in [0.05, 0.1) is 0 Å². The van der Waals surface area contributed by atoms with Gasteiger partial charge in [-0.25, -0.2) is 13.4 Å². The number of nitrogens with zero attached hydrogens (tertiary/aromatic N) is 1. The predicted molar refractivity (Wildman–Crippen MR) is 71.9 cm³/mol. The molecule has 0 aromatic carbocycles. The second kappa shape index (κ2) is 5.02. The lowest BCUT2D eigenvalue weighted by atomic mass is 10.3. The van der Waals surface area contributed by atoms with Crippen molar-refractivity contribution in [2.45, 2.75) is 11.8 Å². The van der Waals surface area contributed by atoms with Crippen LogP contribution in [0.4, 0.5) is 5.82 Å². The second-order valence-electron chi connectivity index (χ2n) is 3.84. The van der Waals surface area contributed by atoms with Crippen molar-refractivity contribution in [2.75, 3.05) is 4.72 Å². The van der Waals surface area contributed by atoms with E-state index in [1.165, 1.54) is 6.20 Å². The Labute approximate surface area is 114 Å². The van der Waals surface area contributed by atoms with E-state index in [2.05, 4.69) is 14.7 Å². The van der Waals surface area contributed by atoms with Crippen LogP contribution >= 0.6 is 11.6 Å². The molecule has 2 N–H and O–H groups in total. The summed E-state index contributed by atoms with van der Waals surface area (Å²) in [4.78, 5) is 17.1. The summed E-state index contributed by atoms with van der Waals surface area (Å²) < 4.78 is 26.4. The maximum Gasteiger partial charge on any atom is 0.266 e. The van der Waals surface area contributed by atoms with Gasteiger partial charge in [-0.05, 0) is 30.7 Å². The molecule has 0 aliphatic carbocycles. The molecule has 2 rings (SSSR count). The van der Waals surface area contributed by atoms with Gasteiger partial charge in [-0.3, -0.25) is 9.52 Å². The van der Waals surface area contributed by atoms with Gasteiger partial charge in [-0.15, -0.1) is 0 Å². The lowest BCUT2D eigenvalue weighted by molar-refractivity contribution is 0.600. The van der Waals surface area contributed by atoms with Crippen LogP contribution in [0.25, 0.3) is 0 Å². The number of aromatic nitrogens is 2. The molecule has 2 heterocycles. The highest BCUT2D eigenvalue weighted by molar-refractivity contribution is 7.92. The molecule has 0 amide bonds. The normalized spacial score (nSPS) is 11.3. The fourth-order valence-electron chi connectivity index (χ4n) is 1.38. The molecular formula is C11H10ClN3O3S. The van der Waals surface area contributed by atoms with Gasteiger partial charge in [0.25, 0.3) is 15.6 Å². The quantitative estimate of drug-likeness (QED) is 0.899. The fourth-order valence-corrected chi connectivity index (χ4v) is 2.61. The Bertz CT molecular complexity index is 771. The molecule has 0 fully saturated rings. The van der Waals surface area contributed by atoms with Crippen molar-refractivity contribution < 1.29 is 8.42 Å². The summed E-state index contributed by atoms with van der Waals surface area (Å²) in [5.74, 6) is 0.197. The first-order valence-corrected chi connectivity index (χ1v) is 7.08. The van der Waals surface area contributed by atoms with Gasteiger partial charge in [-0.1, -0.05) is 11.6 Å². The number of H-pyrrole nitrogens is 1. The molecule has 0 aliphatic rings. The van der Waals surface area contributed by atoms with E-state index in [0.29, 0.717) is 0 Å². The highest BCUT2D eigenvalue weighted by atomic mass is 35.5. The summed E-state index contributed by atoms with van der Waals surface area (Å²) in [7, 11) is -3.84. The number of anilines is 1. The van der Waals surface area contributed by atoms with E-state index in [9.17, 15) is 13.2 Å². The van der Waals surface area contributed by atoms with Gasteiger partial charge in [0.1, 0.15) is 15.7 Å². The molecule has 0 bridgehead atoms. The van der Waals surface area contributed by atoms with Crippen LogP contribution in [-0.4, -0.2) is 18.4 Å². The third-order valence-electron chi connectivity index (χ3n) is 2.30. The number of rotatable bonds is 3. The van der Waals surface area contributed by atoms with E-state index >= 15 is 0 Å². The number of hydrogen-bond donors (Lipinski definition) is 2. The average Bonchev–Trinajstić information content (AvgIpc) is 2.32. The van der Waals surface area contributed by atoms with E-state index in [1.807, 2.05) is 6.92 Å². The second-order valence-corrected chi connectivity index (χ2v) is 5.93. The number of hydrogen-bond acceptors (Lipinski definition) is 4. The first-order chi connectivity index (χ1) is 8.88. The lowest BCUT2D eigenvalue weighted by Gasteiger charge is -2.07. The zero-order valence-electron chi connectivity index (χ0n) is 9.84. The Morgan fingerprint density at radius 2 is 2.11 bits per heavy atom. The van der Waals surface area contributed by atoms with E-state index in [0.717, 1.165) is 17.8 Å². The summed E-state index contributed by atoms with van der Waals surface area (Å²) in [5.41, 5.74) is 0.321. The summed E-state index contributed by atoms with van der Waals surface area (Å²) in [6.45, 7) is 1.82. The Balaban J connectivity index is 2.37. The van der Waals surface area contributed by atoms with Crippen molar-refractivity contribution in [1.29, 1.82) is 0 Å². The molecule has 100 valence electrons. The molecular weight excluding hydrogens is 290 g/mol.